The van der Waals surface area contributed by atoms with Crippen molar-refractivity contribution in [3.63, 3.8) is 0 Å². The van der Waals surface area contributed by atoms with E-state index in [9.17, 15) is 4.79 Å². The molecule has 0 aliphatic heterocycles. The quantitative estimate of drug-likeness (QED) is 0.851. The van der Waals surface area contributed by atoms with Gasteiger partial charge in [-0.25, -0.2) is 4.79 Å². The first-order valence-corrected chi connectivity index (χ1v) is 5.18. The van der Waals surface area contributed by atoms with E-state index in [-0.39, 0.29) is 6.03 Å². The van der Waals surface area contributed by atoms with Crippen LogP contribution in [-0.4, -0.2) is 15.8 Å². The van der Waals surface area contributed by atoms with E-state index in [0.29, 0.717) is 15.7 Å². The molecule has 6 heteroatoms. The highest BCUT2D eigenvalue weighted by Gasteiger charge is 2.07. The molecule has 0 aliphatic carbocycles. The van der Waals surface area contributed by atoms with Gasteiger partial charge in [-0.3, -0.25) is 0 Å². The van der Waals surface area contributed by atoms with E-state index in [1.165, 1.54) is 10.9 Å². The van der Waals surface area contributed by atoms with Gasteiger partial charge in [0.2, 0.25) is 0 Å². The maximum Gasteiger partial charge on any atom is 0.346 e. The van der Waals surface area contributed by atoms with Gasteiger partial charge in [0.05, 0.1) is 10.7 Å². The summed E-state index contributed by atoms with van der Waals surface area (Å²) in [5.41, 5.74) is 0.492. The Morgan fingerprint density at radius 3 is 2.81 bits per heavy atom. The Labute approximate surface area is 102 Å². The van der Waals surface area contributed by atoms with Crippen LogP contribution in [0.2, 0.25) is 10.0 Å². The number of carbonyl (C=O) groups is 1. The summed E-state index contributed by atoms with van der Waals surface area (Å²) in [6, 6.07) is 6.11. The molecule has 0 unspecified atom stereocenters. The van der Waals surface area contributed by atoms with Crippen LogP contribution in [0.3, 0.4) is 0 Å². The number of carbonyl (C=O) groups excluding carboxylic acids is 1. The van der Waals surface area contributed by atoms with Crippen molar-refractivity contribution < 1.29 is 4.79 Å². The summed E-state index contributed by atoms with van der Waals surface area (Å²) in [7, 11) is 0. The van der Waals surface area contributed by atoms with Crippen molar-refractivity contribution in [1.82, 2.24) is 9.78 Å². The van der Waals surface area contributed by atoms with Crippen molar-refractivity contribution in [1.29, 1.82) is 0 Å². The summed E-state index contributed by atoms with van der Waals surface area (Å²) in [5.74, 6) is 0. The fraction of sp³-hybridized carbons (Fsp3) is 0. The molecule has 0 saturated carbocycles. The monoisotopic (exact) mass is 255 g/mol. The van der Waals surface area contributed by atoms with Crippen LogP contribution in [0.4, 0.5) is 10.5 Å². The molecule has 0 fully saturated rings. The van der Waals surface area contributed by atoms with Crippen LogP contribution in [0.25, 0.3) is 0 Å². The number of halogens is 2. The van der Waals surface area contributed by atoms with Crippen molar-refractivity contribution in [2.24, 2.45) is 0 Å². The molecule has 0 radical (unpaired) electrons. The zero-order valence-corrected chi connectivity index (χ0v) is 9.53. The number of nitrogens with zero attached hydrogens (tertiary/aromatic N) is 2. The number of amides is 1. The van der Waals surface area contributed by atoms with Gasteiger partial charge in [0, 0.05) is 17.4 Å². The van der Waals surface area contributed by atoms with E-state index >= 15 is 0 Å². The second-order valence-electron chi connectivity index (χ2n) is 3.00. The standard InChI is InChI=1S/C10H7Cl2N3O/c11-7-2-3-9(8(12)6-7)14-10(16)15-5-1-4-13-15/h1-6H,(H,14,16). The molecule has 2 rings (SSSR count). The van der Waals surface area contributed by atoms with Crippen molar-refractivity contribution >= 4 is 34.9 Å². The number of hydrogen-bond acceptors (Lipinski definition) is 2. The van der Waals surface area contributed by atoms with Crippen LogP contribution in [0.15, 0.2) is 36.7 Å². The summed E-state index contributed by atoms with van der Waals surface area (Å²) in [6.45, 7) is 0. The first-order valence-electron chi connectivity index (χ1n) is 4.43. The lowest BCUT2D eigenvalue weighted by molar-refractivity contribution is 0.251. The van der Waals surface area contributed by atoms with Gasteiger partial charge in [0.25, 0.3) is 0 Å². The van der Waals surface area contributed by atoms with Gasteiger partial charge in [-0.05, 0) is 24.3 Å². The van der Waals surface area contributed by atoms with E-state index in [0.717, 1.165) is 0 Å². The molecule has 0 saturated heterocycles. The average Bonchev–Trinajstić information content (AvgIpc) is 2.75. The predicted octanol–water partition coefficient (Wildman–Crippen LogP) is 3.27. The van der Waals surface area contributed by atoms with Gasteiger partial charge in [-0.1, -0.05) is 23.2 Å². The largest absolute Gasteiger partial charge is 0.346 e. The number of aromatic nitrogens is 2. The fourth-order valence-electron chi connectivity index (χ4n) is 1.15. The van der Waals surface area contributed by atoms with Crippen LogP contribution in [0, 0.1) is 0 Å². The number of anilines is 1. The van der Waals surface area contributed by atoms with E-state index in [4.69, 9.17) is 23.2 Å². The number of benzene rings is 1. The SMILES string of the molecule is O=C(Nc1ccc(Cl)cc1Cl)n1cccn1. The maximum absolute atomic E-state index is 11.6. The van der Waals surface area contributed by atoms with E-state index in [1.807, 2.05) is 0 Å². The maximum atomic E-state index is 11.6. The third-order valence-electron chi connectivity index (χ3n) is 1.89. The fourth-order valence-corrected chi connectivity index (χ4v) is 1.61. The van der Waals surface area contributed by atoms with Gasteiger partial charge >= 0.3 is 6.03 Å². The second kappa shape index (κ2) is 4.55. The van der Waals surface area contributed by atoms with Crippen LogP contribution < -0.4 is 5.32 Å². The molecule has 1 amide bonds. The number of nitrogens with one attached hydrogen (secondary N) is 1. The molecule has 0 aliphatic rings. The molecule has 0 spiro atoms. The topological polar surface area (TPSA) is 46.9 Å². The molecule has 2 aromatic rings. The summed E-state index contributed by atoms with van der Waals surface area (Å²) < 4.78 is 1.17. The third-order valence-corrected chi connectivity index (χ3v) is 2.43. The highest BCUT2D eigenvalue weighted by molar-refractivity contribution is 6.36. The summed E-state index contributed by atoms with van der Waals surface area (Å²) in [6.07, 6.45) is 3.06. The van der Waals surface area contributed by atoms with E-state index in [1.54, 1.807) is 30.5 Å². The summed E-state index contributed by atoms with van der Waals surface area (Å²) in [4.78, 5) is 11.6. The Balaban J connectivity index is 2.18. The summed E-state index contributed by atoms with van der Waals surface area (Å²) >= 11 is 11.6. The van der Waals surface area contributed by atoms with Crippen molar-refractivity contribution in [2.45, 2.75) is 0 Å². The van der Waals surface area contributed by atoms with Gasteiger partial charge in [-0.2, -0.15) is 9.78 Å². The molecule has 1 aromatic heterocycles. The lowest BCUT2D eigenvalue weighted by atomic mass is 10.3. The molecular weight excluding hydrogens is 249 g/mol. The Morgan fingerprint density at radius 1 is 1.38 bits per heavy atom. The molecule has 1 N–H and O–H groups in total. The van der Waals surface area contributed by atoms with Crippen molar-refractivity contribution in [2.75, 3.05) is 5.32 Å². The Morgan fingerprint density at radius 2 is 2.19 bits per heavy atom. The molecule has 1 aromatic carbocycles. The molecule has 0 bridgehead atoms. The van der Waals surface area contributed by atoms with Crippen molar-refractivity contribution in [3.8, 4) is 0 Å². The highest BCUT2D eigenvalue weighted by Crippen LogP contribution is 2.25. The highest BCUT2D eigenvalue weighted by atomic mass is 35.5. The van der Waals surface area contributed by atoms with Crippen LogP contribution in [-0.2, 0) is 0 Å². The smallest absolute Gasteiger partial charge is 0.305 e. The second-order valence-corrected chi connectivity index (χ2v) is 3.85. The first kappa shape index (κ1) is 11.0. The van der Waals surface area contributed by atoms with Crippen LogP contribution in [0.1, 0.15) is 0 Å². The molecule has 82 valence electrons. The van der Waals surface area contributed by atoms with Gasteiger partial charge in [0.1, 0.15) is 0 Å². The minimum atomic E-state index is -0.380. The van der Waals surface area contributed by atoms with Crippen molar-refractivity contribution in [3.05, 3.63) is 46.7 Å². The van der Waals surface area contributed by atoms with E-state index < -0.39 is 0 Å². The van der Waals surface area contributed by atoms with Crippen LogP contribution >= 0.6 is 23.2 Å². The molecular formula is C10H7Cl2N3O. The van der Waals surface area contributed by atoms with Gasteiger partial charge in [0.15, 0.2) is 0 Å². The molecule has 0 atom stereocenters. The zero-order valence-electron chi connectivity index (χ0n) is 8.02. The Hall–Kier alpha value is -1.52. The Bertz CT molecular complexity index is 511. The molecule has 4 nitrogen and oxygen atoms in total. The minimum Gasteiger partial charge on any atom is -0.305 e. The average molecular weight is 256 g/mol. The summed E-state index contributed by atoms with van der Waals surface area (Å²) in [5, 5.41) is 7.30. The molecule has 1 heterocycles. The lowest BCUT2D eigenvalue weighted by Crippen LogP contribution is -2.19. The van der Waals surface area contributed by atoms with Crippen LogP contribution in [0.5, 0.6) is 0 Å². The predicted molar refractivity (Wildman–Crippen MR) is 63.1 cm³/mol. The van der Waals surface area contributed by atoms with E-state index in [2.05, 4.69) is 10.4 Å². The number of rotatable bonds is 1. The Kier molecular flexibility index (Phi) is 3.12. The molecule has 16 heavy (non-hydrogen) atoms. The van der Waals surface area contributed by atoms with Gasteiger partial charge < -0.3 is 5.32 Å². The first-order chi connectivity index (χ1) is 7.66. The number of hydrogen-bond donors (Lipinski definition) is 1. The van der Waals surface area contributed by atoms with Gasteiger partial charge in [-0.15, -0.1) is 0 Å². The zero-order chi connectivity index (χ0) is 11.5. The normalized spacial score (nSPS) is 10.1. The lowest BCUT2D eigenvalue weighted by Gasteiger charge is -2.06. The third kappa shape index (κ3) is 2.35. The minimum absolute atomic E-state index is 0.380.